The summed E-state index contributed by atoms with van der Waals surface area (Å²) in [6, 6.07) is 5.94. The summed E-state index contributed by atoms with van der Waals surface area (Å²) in [6.45, 7) is 0.479. The average molecular weight is 345 g/mol. The molecular formula is C13H13ClN2O5S. The maximum Gasteiger partial charge on any atom is 0.417 e. The molecule has 2 amide bonds. The highest BCUT2D eigenvalue weighted by Gasteiger charge is 2.41. The van der Waals surface area contributed by atoms with E-state index >= 15 is 0 Å². The molecule has 0 aromatic heterocycles. The molecule has 22 heavy (non-hydrogen) atoms. The van der Waals surface area contributed by atoms with E-state index in [1.165, 1.54) is 28.6 Å². The van der Waals surface area contributed by atoms with E-state index in [-0.39, 0.29) is 43.0 Å². The van der Waals surface area contributed by atoms with Crippen molar-refractivity contribution in [3.63, 3.8) is 0 Å². The van der Waals surface area contributed by atoms with E-state index in [0.29, 0.717) is 5.02 Å². The molecule has 2 fully saturated rings. The Balaban J connectivity index is 1.62. The van der Waals surface area contributed by atoms with Gasteiger partial charge in [0.05, 0.1) is 4.90 Å². The van der Waals surface area contributed by atoms with Crippen molar-refractivity contribution in [3.05, 3.63) is 29.3 Å². The molecule has 2 aliphatic rings. The van der Waals surface area contributed by atoms with Crippen LogP contribution in [-0.2, 0) is 19.6 Å². The smallest absolute Gasteiger partial charge is 0.417 e. The highest BCUT2D eigenvalue weighted by atomic mass is 35.5. The summed E-state index contributed by atoms with van der Waals surface area (Å²) in [7, 11) is -3.56. The maximum atomic E-state index is 12.3. The molecule has 2 aliphatic heterocycles. The van der Waals surface area contributed by atoms with Crippen LogP contribution in [0, 0.1) is 5.92 Å². The first-order valence-electron chi connectivity index (χ1n) is 6.61. The molecule has 1 aromatic rings. The van der Waals surface area contributed by atoms with Crippen LogP contribution in [0.5, 0.6) is 0 Å². The Morgan fingerprint density at radius 1 is 1.18 bits per heavy atom. The number of amides is 2. The Morgan fingerprint density at radius 2 is 1.82 bits per heavy atom. The second-order valence-electron chi connectivity index (χ2n) is 5.20. The lowest BCUT2D eigenvalue weighted by Gasteiger charge is -2.38. The Morgan fingerprint density at radius 3 is 2.36 bits per heavy atom. The molecule has 0 N–H and O–H groups in total. The maximum absolute atomic E-state index is 12.3. The zero-order chi connectivity index (χ0) is 15.9. The van der Waals surface area contributed by atoms with Gasteiger partial charge in [-0.2, -0.15) is 4.31 Å². The Bertz CT molecular complexity index is 696. The average Bonchev–Trinajstić information content (AvgIpc) is 2.73. The number of hydrogen-bond acceptors (Lipinski definition) is 5. The third kappa shape index (κ3) is 2.69. The number of carbonyl (C=O) groups excluding carboxylic acids is 2. The minimum atomic E-state index is -3.56. The van der Waals surface area contributed by atoms with Crippen molar-refractivity contribution < 1.29 is 22.7 Å². The van der Waals surface area contributed by atoms with Gasteiger partial charge in [-0.15, -0.1) is 0 Å². The van der Waals surface area contributed by atoms with Gasteiger partial charge >= 0.3 is 6.09 Å². The molecule has 0 unspecified atom stereocenters. The van der Waals surface area contributed by atoms with Gasteiger partial charge < -0.3 is 4.74 Å². The minimum absolute atomic E-state index is 0.0725. The van der Waals surface area contributed by atoms with Crippen LogP contribution in [0.4, 0.5) is 4.79 Å². The standard InChI is InChI=1S/C13H13ClN2O5S/c14-10-1-3-11(4-2-10)22(19,20)15-5-9(6-15)7-16-12(17)8-21-13(16)18/h1-4,9H,5-8H2. The summed E-state index contributed by atoms with van der Waals surface area (Å²) >= 11 is 5.75. The molecule has 1 aromatic carbocycles. The molecular weight excluding hydrogens is 332 g/mol. The summed E-state index contributed by atoms with van der Waals surface area (Å²) < 4.78 is 30.6. The SMILES string of the molecule is O=C1COC(=O)N1CC1CN(S(=O)(=O)c2ccc(Cl)cc2)C1. The number of imide groups is 1. The van der Waals surface area contributed by atoms with Gasteiger partial charge in [-0.05, 0) is 24.3 Å². The van der Waals surface area contributed by atoms with E-state index in [1.807, 2.05) is 0 Å². The van der Waals surface area contributed by atoms with E-state index in [9.17, 15) is 18.0 Å². The van der Waals surface area contributed by atoms with Crippen molar-refractivity contribution in [1.82, 2.24) is 9.21 Å². The lowest BCUT2D eigenvalue weighted by molar-refractivity contribution is -0.126. The van der Waals surface area contributed by atoms with Crippen molar-refractivity contribution in [2.75, 3.05) is 26.2 Å². The van der Waals surface area contributed by atoms with Crippen molar-refractivity contribution in [1.29, 1.82) is 0 Å². The summed E-state index contributed by atoms with van der Waals surface area (Å²) in [6.07, 6.45) is -0.663. The van der Waals surface area contributed by atoms with Gasteiger partial charge in [0.1, 0.15) is 0 Å². The van der Waals surface area contributed by atoms with Gasteiger partial charge in [0.15, 0.2) is 6.61 Å². The quantitative estimate of drug-likeness (QED) is 0.811. The molecule has 0 spiro atoms. The number of halogens is 1. The monoisotopic (exact) mass is 344 g/mol. The van der Waals surface area contributed by atoms with Gasteiger partial charge in [0.25, 0.3) is 5.91 Å². The molecule has 2 heterocycles. The van der Waals surface area contributed by atoms with Gasteiger partial charge in [-0.3, -0.25) is 4.79 Å². The minimum Gasteiger partial charge on any atom is -0.439 e. The normalized spacial score (nSPS) is 20.1. The molecule has 2 saturated heterocycles. The topological polar surface area (TPSA) is 84.0 Å². The Hall–Kier alpha value is -1.64. The van der Waals surface area contributed by atoms with Crippen LogP contribution in [0.1, 0.15) is 0 Å². The largest absolute Gasteiger partial charge is 0.439 e. The van der Waals surface area contributed by atoms with Gasteiger partial charge in [-0.1, -0.05) is 11.6 Å². The highest BCUT2D eigenvalue weighted by molar-refractivity contribution is 7.89. The number of nitrogens with zero attached hydrogens (tertiary/aromatic N) is 2. The van der Waals surface area contributed by atoms with Crippen molar-refractivity contribution in [2.45, 2.75) is 4.90 Å². The van der Waals surface area contributed by atoms with Gasteiger partial charge in [-0.25, -0.2) is 18.1 Å². The lowest BCUT2D eigenvalue weighted by Crippen LogP contribution is -2.54. The molecule has 118 valence electrons. The predicted octanol–water partition coefficient (Wildman–Crippen LogP) is 0.939. The highest BCUT2D eigenvalue weighted by Crippen LogP contribution is 2.27. The zero-order valence-electron chi connectivity index (χ0n) is 11.4. The number of ether oxygens (including phenoxy) is 1. The van der Waals surface area contributed by atoms with Crippen LogP contribution >= 0.6 is 11.6 Å². The first-order valence-corrected chi connectivity index (χ1v) is 8.42. The number of sulfonamides is 1. The zero-order valence-corrected chi connectivity index (χ0v) is 13.0. The third-order valence-electron chi connectivity index (χ3n) is 3.66. The van der Waals surface area contributed by atoms with Crippen LogP contribution in [-0.4, -0.2) is 55.9 Å². The van der Waals surface area contributed by atoms with Crippen molar-refractivity contribution in [3.8, 4) is 0 Å². The summed E-state index contributed by atoms with van der Waals surface area (Å²) in [5.41, 5.74) is 0. The van der Waals surface area contributed by atoms with E-state index in [0.717, 1.165) is 4.90 Å². The number of rotatable bonds is 4. The molecule has 9 heteroatoms. The molecule has 0 atom stereocenters. The second-order valence-corrected chi connectivity index (χ2v) is 7.58. The first-order chi connectivity index (χ1) is 10.4. The fourth-order valence-corrected chi connectivity index (χ4v) is 4.12. The van der Waals surface area contributed by atoms with Gasteiger partial charge in [0.2, 0.25) is 10.0 Å². The second kappa shape index (κ2) is 5.53. The fraction of sp³-hybridized carbons (Fsp3) is 0.385. The van der Waals surface area contributed by atoms with E-state index in [4.69, 9.17) is 11.6 Å². The van der Waals surface area contributed by atoms with Crippen LogP contribution in [0.2, 0.25) is 5.02 Å². The summed E-state index contributed by atoms with van der Waals surface area (Å²) in [5, 5.41) is 0.464. The molecule has 0 saturated carbocycles. The molecule has 3 rings (SSSR count). The van der Waals surface area contributed by atoms with Crippen LogP contribution in [0.25, 0.3) is 0 Å². The molecule has 0 bridgehead atoms. The number of carbonyl (C=O) groups is 2. The molecule has 7 nitrogen and oxygen atoms in total. The van der Waals surface area contributed by atoms with Crippen molar-refractivity contribution >= 4 is 33.6 Å². The summed E-state index contributed by atoms with van der Waals surface area (Å²) in [5.74, 6) is -0.458. The lowest BCUT2D eigenvalue weighted by atomic mass is 10.0. The molecule has 0 radical (unpaired) electrons. The first kappa shape index (κ1) is 15.3. The van der Waals surface area contributed by atoms with Gasteiger partial charge in [0, 0.05) is 30.6 Å². The Kier molecular flexibility index (Phi) is 3.84. The van der Waals surface area contributed by atoms with Crippen molar-refractivity contribution in [2.24, 2.45) is 5.92 Å². The van der Waals surface area contributed by atoms with E-state index in [1.54, 1.807) is 0 Å². The van der Waals surface area contributed by atoms with Crippen LogP contribution in [0.15, 0.2) is 29.2 Å². The molecule has 0 aliphatic carbocycles. The van der Waals surface area contributed by atoms with Crippen LogP contribution in [0.3, 0.4) is 0 Å². The van der Waals surface area contributed by atoms with Crippen LogP contribution < -0.4 is 0 Å². The number of cyclic esters (lactones) is 1. The Labute approximate surface area is 132 Å². The van der Waals surface area contributed by atoms with E-state index in [2.05, 4.69) is 4.74 Å². The third-order valence-corrected chi connectivity index (χ3v) is 5.75. The van der Waals surface area contributed by atoms with E-state index < -0.39 is 16.1 Å². The summed E-state index contributed by atoms with van der Waals surface area (Å²) in [4.78, 5) is 24.0. The predicted molar refractivity (Wildman–Crippen MR) is 76.8 cm³/mol. The fourth-order valence-electron chi connectivity index (χ4n) is 2.41. The number of benzene rings is 1. The number of hydrogen-bond donors (Lipinski definition) is 0.